The van der Waals surface area contributed by atoms with Gasteiger partial charge in [0.25, 0.3) is 0 Å². The van der Waals surface area contributed by atoms with Crippen LogP contribution in [-0.4, -0.2) is 29.0 Å². The number of aliphatic imine (C=N–C) groups is 1. The minimum Gasteiger partial charge on any atom is -0.480 e. The second-order valence-corrected chi connectivity index (χ2v) is 5.28. The van der Waals surface area contributed by atoms with E-state index in [0.717, 1.165) is 0 Å². The lowest BCUT2D eigenvalue weighted by Crippen LogP contribution is -2.43. The highest BCUT2D eigenvalue weighted by Gasteiger charge is 2.32. The highest BCUT2D eigenvalue weighted by atomic mass is 19.1. The highest BCUT2D eigenvalue weighted by molar-refractivity contribution is 5.82. The van der Waals surface area contributed by atoms with Crippen LogP contribution in [0.1, 0.15) is 26.7 Å². The Morgan fingerprint density at radius 2 is 2.09 bits per heavy atom. The summed E-state index contributed by atoms with van der Waals surface area (Å²) in [7, 11) is 0. The van der Waals surface area contributed by atoms with E-state index in [1.165, 1.54) is 6.08 Å². The molecular formula is C16H22FN3O2. The van der Waals surface area contributed by atoms with Gasteiger partial charge in [0.2, 0.25) is 0 Å². The van der Waals surface area contributed by atoms with E-state index in [-0.39, 0.29) is 19.4 Å². The first-order valence-corrected chi connectivity index (χ1v) is 7.01. The third kappa shape index (κ3) is 5.95. The smallest absolute Gasteiger partial charge is 0.329 e. The van der Waals surface area contributed by atoms with Gasteiger partial charge in [0, 0.05) is 5.69 Å². The monoisotopic (exact) mass is 307 g/mol. The molecule has 0 heterocycles. The molecule has 0 amide bonds. The number of carboxylic acid groups (broad SMARTS) is 1. The van der Waals surface area contributed by atoms with Gasteiger partial charge >= 0.3 is 5.97 Å². The van der Waals surface area contributed by atoms with E-state index in [9.17, 15) is 14.3 Å². The number of para-hydroxylation sites is 1. The van der Waals surface area contributed by atoms with E-state index in [1.807, 2.05) is 18.2 Å². The quantitative estimate of drug-likeness (QED) is 0.509. The molecule has 1 rings (SSSR count). The molecular weight excluding hydrogens is 285 g/mol. The number of nitrogens with one attached hydrogen (secondary N) is 1. The molecule has 0 saturated heterocycles. The van der Waals surface area contributed by atoms with Gasteiger partial charge in [-0.15, -0.1) is 0 Å². The van der Waals surface area contributed by atoms with Gasteiger partial charge in [-0.1, -0.05) is 24.3 Å². The molecule has 0 bridgehead atoms. The van der Waals surface area contributed by atoms with Gasteiger partial charge in [0.05, 0.1) is 12.4 Å². The number of benzene rings is 1. The van der Waals surface area contributed by atoms with E-state index < -0.39 is 17.3 Å². The van der Waals surface area contributed by atoms with Crippen LogP contribution in [-0.2, 0) is 4.79 Å². The SMILES string of the molecule is CC(N)=NC/C(F)=C\CC[C@](C)(Nc1ccccc1)C(=O)O. The van der Waals surface area contributed by atoms with Crippen LogP contribution in [0.3, 0.4) is 0 Å². The van der Waals surface area contributed by atoms with E-state index >= 15 is 0 Å². The third-order valence-corrected chi connectivity index (χ3v) is 3.16. The van der Waals surface area contributed by atoms with Crippen molar-refractivity contribution < 1.29 is 14.3 Å². The summed E-state index contributed by atoms with van der Waals surface area (Å²) in [4.78, 5) is 15.3. The molecule has 0 fully saturated rings. The maximum atomic E-state index is 13.5. The average Bonchev–Trinajstić information content (AvgIpc) is 2.46. The lowest BCUT2D eigenvalue weighted by Gasteiger charge is -2.27. The van der Waals surface area contributed by atoms with Gasteiger partial charge < -0.3 is 16.2 Å². The Morgan fingerprint density at radius 3 is 2.64 bits per heavy atom. The lowest BCUT2D eigenvalue weighted by molar-refractivity contribution is -0.141. The zero-order chi connectivity index (χ0) is 16.6. The number of carbonyl (C=O) groups is 1. The number of hydrogen-bond acceptors (Lipinski definition) is 3. The number of anilines is 1. The minimum atomic E-state index is -1.18. The molecule has 0 aliphatic heterocycles. The molecule has 1 aromatic carbocycles. The number of rotatable bonds is 8. The first kappa shape index (κ1) is 17.7. The van der Waals surface area contributed by atoms with Crippen molar-refractivity contribution in [2.75, 3.05) is 11.9 Å². The molecule has 0 spiro atoms. The molecule has 5 nitrogen and oxygen atoms in total. The first-order valence-electron chi connectivity index (χ1n) is 7.01. The molecule has 6 heteroatoms. The summed E-state index contributed by atoms with van der Waals surface area (Å²) in [6.07, 6.45) is 1.88. The Kier molecular flexibility index (Phi) is 6.56. The molecule has 0 unspecified atom stereocenters. The summed E-state index contributed by atoms with van der Waals surface area (Å²) in [5.74, 6) is -1.09. The van der Waals surface area contributed by atoms with Gasteiger partial charge in [-0.25, -0.2) is 9.18 Å². The van der Waals surface area contributed by atoms with Crippen molar-refractivity contribution in [1.29, 1.82) is 0 Å². The molecule has 0 saturated carbocycles. The number of nitrogens with two attached hydrogens (primary N) is 1. The van der Waals surface area contributed by atoms with Crippen LogP contribution in [0.15, 0.2) is 47.2 Å². The molecule has 1 aromatic rings. The summed E-state index contributed by atoms with van der Waals surface area (Å²) >= 11 is 0. The predicted octanol–water partition coefficient (Wildman–Crippen LogP) is 2.95. The fourth-order valence-electron chi connectivity index (χ4n) is 1.85. The van der Waals surface area contributed by atoms with Crippen LogP contribution in [0.5, 0.6) is 0 Å². The van der Waals surface area contributed by atoms with Crippen LogP contribution in [0.4, 0.5) is 10.1 Å². The highest BCUT2D eigenvalue weighted by Crippen LogP contribution is 2.21. The summed E-state index contributed by atoms with van der Waals surface area (Å²) in [5, 5.41) is 12.4. The molecule has 0 aliphatic carbocycles. The minimum absolute atomic E-state index is 0.113. The predicted molar refractivity (Wildman–Crippen MR) is 86.7 cm³/mol. The Balaban J connectivity index is 2.66. The van der Waals surface area contributed by atoms with Gasteiger partial charge in [-0.05, 0) is 38.8 Å². The molecule has 4 N–H and O–H groups in total. The molecule has 0 aromatic heterocycles. The van der Waals surface area contributed by atoms with Crippen molar-refractivity contribution >= 4 is 17.5 Å². The van der Waals surface area contributed by atoms with E-state index in [0.29, 0.717) is 11.5 Å². The second-order valence-electron chi connectivity index (χ2n) is 5.28. The van der Waals surface area contributed by atoms with Crippen LogP contribution >= 0.6 is 0 Å². The van der Waals surface area contributed by atoms with Crippen LogP contribution < -0.4 is 11.1 Å². The van der Waals surface area contributed by atoms with Crippen LogP contribution in [0.2, 0.25) is 0 Å². The standard InChI is InChI=1S/C16H22FN3O2/c1-12(18)19-11-13(17)7-6-10-16(2,15(21)22)20-14-8-4-3-5-9-14/h3-5,7-9,20H,6,10-11H2,1-2H3,(H2,18,19)(H,21,22)/b13-7+/t16-/m0/s1. The number of allylic oxidation sites excluding steroid dienone is 1. The second kappa shape index (κ2) is 8.17. The number of carboxylic acids is 1. The first-order chi connectivity index (χ1) is 10.3. The summed E-state index contributed by atoms with van der Waals surface area (Å²) < 4.78 is 13.5. The number of nitrogens with zero attached hydrogens (tertiary/aromatic N) is 1. The Bertz CT molecular complexity index is 554. The zero-order valence-corrected chi connectivity index (χ0v) is 12.8. The van der Waals surface area contributed by atoms with Gasteiger partial charge in [-0.2, -0.15) is 0 Å². The summed E-state index contributed by atoms with van der Waals surface area (Å²) in [6, 6.07) is 9.06. The Morgan fingerprint density at radius 1 is 1.45 bits per heavy atom. The van der Waals surface area contributed by atoms with Crippen molar-refractivity contribution in [3.05, 3.63) is 42.2 Å². The van der Waals surface area contributed by atoms with Crippen LogP contribution in [0, 0.1) is 0 Å². The van der Waals surface area contributed by atoms with Crippen molar-refractivity contribution in [3.63, 3.8) is 0 Å². The third-order valence-electron chi connectivity index (χ3n) is 3.16. The lowest BCUT2D eigenvalue weighted by atomic mass is 9.95. The van der Waals surface area contributed by atoms with Crippen molar-refractivity contribution in [2.24, 2.45) is 10.7 Å². The summed E-state index contributed by atoms with van der Waals surface area (Å²) in [5.41, 5.74) is 4.87. The van der Waals surface area contributed by atoms with E-state index in [2.05, 4.69) is 10.3 Å². The maximum Gasteiger partial charge on any atom is 0.329 e. The average molecular weight is 307 g/mol. The van der Waals surface area contributed by atoms with Gasteiger partial charge in [0.15, 0.2) is 0 Å². The Hall–Kier alpha value is -2.37. The van der Waals surface area contributed by atoms with Crippen molar-refractivity contribution in [2.45, 2.75) is 32.2 Å². The maximum absolute atomic E-state index is 13.5. The van der Waals surface area contributed by atoms with Crippen molar-refractivity contribution in [1.82, 2.24) is 0 Å². The number of aliphatic carboxylic acids is 1. The molecule has 22 heavy (non-hydrogen) atoms. The topological polar surface area (TPSA) is 87.7 Å². The number of hydrogen-bond donors (Lipinski definition) is 3. The van der Waals surface area contributed by atoms with Crippen molar-refractivity contribution in [3.8, 4) is 0 Å². The van der Waals surface area contributed by atoms with Gasteiger partial charge in [0.1, 0.15) is 11.4 Å². The molecule has 0 aliphatic rings. The largest absolute Gasteiger partial charge is 0.480 e. The van der Waals surface area contributed by atoms with Gasteiger partial charge in [-0.3, -0.25) is 4.99 Å². The molecule has 0 radical (unpaired) electrons. The number of amidine groups is 1. The normalized spacial score (nSPS) is 15.2. The summed E-state index contributed by atoms with van der Waals surface area (Å²) in [6.45, 7) is 3.05. The molecule has 1 atom stereocenters. The fraction of sp³-hybridized carbons (Fsp3) is 0.375. The Labute approximate surface area is 129 Å². The molecule has 120 valence electrons. The number of halogens is 1. The fourth-order valence-corrected chi connectivity index (χ4v) is 1.85. The van der Waals surface area contributed by atoms with Crippen LogP contribution in [0.25, 0.3) is 0 Å². The zero-order valence-electron chi connectivity index (χ0n) is 12.8. The van der Waals surface area contributed by atoms with E-state index in [4.69, 9.17) is 5.73 Å². The van der Waals surface area contributed by atoms with E-state index in [1.54, 1.807) is 26.0 Å².